The average Bonchev–Trinajstić information content (AvgIpc) is 3.03. The van der Waals surface area contributed by atoms with Gasteiger partial charge in [0, 0.05) is 26.2 Å². The van der Waals surface area contributed by atoms with Crippen molar-refractivity contribution in [1.29, 1.82) is 0 Å². The van der Waals surface area contributed by atoms with Crippen LogP contribution in [-0.2, 0) is 9.59 Å². The highest BCUT2D eigenvalue weighted by molar-refractivity contribution is 5.84. The molecule has 21 heavy (non-hydrogen) atoms. The average molecular weight is 297 g/mol. The van der Waals surface area contributed by atoms with Gasteiger partial charge in [-0.2, -0.15) is 0 Å². The van der Waals surface area contributed by atoms with Crippen LogP contribution < -0.4 is 5.73 Å². The van der Waals surface area contributed by atoms with E-state index in [1.165, 1.54) is 0 Å². The highest BCUT2D eigenvalue weighted by Crippen LogP contribution is 2.36. The molecular weight excluding hydrogens is 274 g/mol. The third kappa shape index (κ3) is 2.56. The Hall–Kier alpha value is -1.79. The summed E-state index contributed by atoms with van der Waals surface area (Å²) in [5.41, 5.74) is 3.88. The Bertz CT molecular complexity index is 481. The van der Waals surface area contributed by atoms with Crippen molar-refractivity contribution >= 4 is 17.9 Å². The smallest absolute Gasteiger partial charge is 0.320 e. The zero-order valence-electron chi connectivity index (χ0n) is 12.6. The number of carboxylic acid groups (broad SMARTS) is 1. The lowest BCUT2D eigenvalue weighted by Crippen LogP contribution is -2.45. The van der Waals surface area contributed by atoms with Gasteiger partial charge < -0.3 is 20.6 Å². The molecule has 2 atom stereocenters. The van der Waals surface area contributed by atoms with Crippen molar-refractivity contribution in [3.05, 3.63) is 0 Å². The van der Waals surface area contributed by atoms with Crippen molar-refractivity contribution in [1.82, 2.24) is 9.80 Å². The van der Waals surface area contributed by atoms with E-state index >= 15 is 0 Å². The van der Waals surface area contributed by atoms with E-state index in [2.05, 4.69) is 0 Å². The molecule has 2 rings (SSSR count). The number of likely N-dealkylation sites (tertiary alicyclic amines) is 2. The molecule has 0 aromatic carbocycles. The number of urea groups is 1. The van der Waals surface area contributed by atoms with Crippen LogP contribution in [0, 0.1) is 10.8 Å². The van der Waals surface area contributed by atoms with E-state index < -0.39 is 22.7 Å². The second kappa shape index (κ2) is 5.20. The van der Waals surface area contributed by atoms with Crippen LogP contribution in [0.15, 0.2) is 0 Å². The topological polar surface area (TPSA) is 104 Å². The molecule has 7 heteroatoms. The SMILES string of the molecule is CCC1(C(=O)O)CCN(C(=O)N2CCC(C)(C(N)=O)C2)C1. The van der Waals surface area contributed by atoms with Gasteiger partial charge in [-0.1, -0.05) is 6.92 Å². The van der Waals surface area contributed by atoms with Crippen LogP contribution in [0.2, 0.25) is 0 Å². The highest BCUT2D eigenvalue weighted by atomic mass is 16.4. The van der Waals surface area contributed by atoms with E-state index in [1.54, 1.807) is 16.7 Å². The molecule has 7 nitrogen and oxygen atoms in total. The number of aliphatic carboxylic acids is 1. The summed E-state index contributed by atoms with van der Waals surface area (Å²) in [4.78, 5) is 38.6. The zero-order valence-corrected chi connectivity index (χ0v) is 12.6. The van der Waals surface area contributed by atoms with Crippen molar-refractivity contribution in [2.24, 2.45) is 16.6 Å². The first-order valence-electron chi connectivity index (χ1n) is 7.31. The third-order valence-corrected chi connectivity index (χ3v) is 5.09. The summed E-state index contributed by atoms with van der Waals surface area (Å²) in [6.45, 7) is 5.08. The molecule has 3 amide bonds. The van der Waals surface area contributed by atoms with E-state index in [4.69, 9.17) is 5.73 Å². The van der Waals surface area contributed by atoms with Gasteiger partial charge in [-0.15, -0.1) is 0 Å². The van der Waals surface area contributed by atoms with Crippen molar-refractivity contribution in [2.45, 2.75) is 33.1 Å². The first-order valence-corrected chi connectivity index (χ1v) is 7.31. The molecule has 2 heterocycles. The fourth-order valence-electron chi connectivity index (χ4n) is 3.18. The number of primary amides is 1. The number of nitrogens with zero attached hydrogens (tertiary/aromatic N) is 2. The maximum atomic E-state index is 12.5. The monoisotopic (exact) mass is 297 g/mol. The van der Waals surface area contributed by atoms with Crippen LogP contribution in [0.3, 0.4) is 0 Å². The molecule has 0 aliphatic carbocycles. The lowest BCUT2D eigenvalue weighted by molar-refractivity contribution is -0.148. The Kier molecular flexibility index (Phi) is 3.86. The van der Waals surface area contributed by atoms with Gasteiger partial charge in [0.2, 0.25) is 5.91 Å². The Morgan fingerprint density at radius 1 is 1.14 bits per heavy atom. The highest BCUT2D eigenvalue weighted by Gasteiger charge is 2.47. The second-order valence-corrected chi connectivity index (χ2v) is 6.49. The van der Waals surface area contributed by atoms with Gasteiger partial charge in [-0.05, 0) is 26.2 Å². The zero-order chi connectivity index (χ0) is 15.8. The number of hydrogen-bond acceptors (Lipinski definition) is 3. The minimum Gasteiger partial charge on any atom is -0.481 e. The number of carbonyl (C=O) groups excluding carboxylic acids is 2. The molecule has 3 N–H and O–H groups in total. The van der Waals surface area contributed by atoms with Gasteiger partial charge >= 0.3 is 12.0 Å². The fraction of sp³-hybridized carbons (Fsp3) is 0.786. The van der Waals surface area contributed by atoms with Crippen LogP contribution in [0.25, 0.3) is 0 Å². The van der Waals surface area contributed by atoms with Gasteiger partial charge in [-0.25, -0.2) is 4.79 Å². The van der Waals surface area contributed by atoms with E-state index in [-0.39, 0.29) is 12.6 Å². The Labute approximate surface area is 124 Å². The minimum absolute atomic E-state index is 0.184. The number of amides is 3. The lowest BCUT2D eigenvalue weighted by atomic mass is 9.84. The maximum Gasteiger partial charge on any atom is 0.320 e. The second-order valence-electron chi connectivity index (χ2n) is 6.49. The van der Waals surface area contributed by atoms with Gasteiger partial charge in [0.15, 0.2) is 0 Å². The summed E-state index contributed by atoms with van der Waals surface area (Å²) >= 11 is 0. The molecule has 2 aliphatic rings. The number of hydrogen-bond donors (Lipinski definition) is 2. The summed E-state index contributed by atoms with van der Waals surface area (Å²) in [6, 6.07) is -0.184. The van der Waals surface area contributed by atoms with Gasteiger partial charge in [-0.3, -0.25) is 9.59 Å². The van der Waals surface area contributed by atoms with E-state index in [0.717, 1.165) is 0 Å². The number of rotatable bonds is 3. The molecule has 0 aromatic heterocycles. The number of carboxylic acids is 1. The predicted octanol–water partition coefficient (Wildman–Crippen LogP) is 0.490. The largest absolute Gasteiger partial charge is 0.481 e. The van der Waals surface area contributed by atoms with Crippen molar-refractivity contribution in [2.75, 3.05) is 26.2 Å². The Morgan fingerprint density at radius 3 is 2.14 bits per heavy atom. The van der Waals surface area contributed by atoms with E-state index in [0.29, 0.717) is 38.9 Å². The molecule has 118 valence electrons. The first kappa shape index (κ1) is 15.6. The molecule has 0 bridgehead atoms. The molecule has 0 aromatic rings. The molecule has 0 radical (unpaired) electrons. The van der Waals surface area contributed by atoms with Gasteiger partial charge in [0.25, 0.3) is 0 Å². The predicted molar refractivity (Wildman–Crippen MR) is 75.4 cm³/mol. The standard InChI is InChI=1S/C14H23N3O4/c1-3-14(11(19)20)5-7-17(9-14)12(21)16-6-4-13(2,8-16)10(15)18/h3-9H2,1-2H3,(H2,15,18)(H,19,20). The fourth-order valence-corrected chi connectivity index (χ4v) is 3.18. The van der Waals surface area contributed by atoms with E-state index in [1.807, 2.05) is 6.92 Å². The Balaban J connectivity index is 2.03. The summed E-state index contributed by atoms with van der Waals surface area (Å²) in [6.07, 6.45) is 1.54. The molecule has 2 aliphatic heterocycles. The van der Waals surface area contributed by atoms with Gasteiger partial charge in [0.1, 0.15) is 0 Å². The van der Waals surface area contributed by atoms with Crippen LogP contribution in [-0.4, -0.2) is 59.0 Å². The van der Waals surface area contributed by atoms with Crippen LogP contribution in [0.4, 0.5) is 4.79 Å². The maximum absolute atomic E-state index is 12.5. The molecule has 2 saturated heterocycles. The summed E-state index contributed by atoms with van der Waals surface area (Å²) in [5.74, 6) is -1.24. The van der Waals surface area contributed by atoms with Crippen molar-refractivity contribution in [3.63, 3.8) is 0 Å². The first-order chi connectivity index (χ1) is 9.74. The van der Waals surface area contributed by atoms with Crippen LogP contribution in [0.1, 0.15) is 33.1 Å². The van der Waals surface area contributed by atoms with Crippen molar-refractivity contribution < 1.29 is 19.5 Å². The van der Waals surface area contributed by atoms with Gasteiger partial charge in [0.05, 0.1) is 10.8 Å². The molecule has 0 saturated carbocycles. The quantitative estimate of drug-likeness (QED) is 0.791. The minimum atomic E-state index is -0.844. The summed E-state index contributed by atoms with van der Waals surface area (Å²) in [5, 5.41) is 9.37. The number of carbonyl (C=O) groups is 3. The van der Waals surface area contributed by atoms with E-state index in [9.17, 15) is 19.5 Å². The van der Waals surface area contributed by atoms with Crippen LogP contribution in [0.5, 0.6) is 0 Å². The molecule has 2 unspecified atom stereocenters. The number of nitrogens with two attached hydrogens (primary N) is 1. The molecule has 0 spiro atoms. The molecule has 2 fully saturated rings. The van der Waals surface area contributed by atoms with Crippen LogP contribution >= 0.6 is 0 Å². The Morgan fingerprint density at radius 2 is 1.71 bits per heavy atom. The summed E-state index contributed by atoms with van der Waals surface area (Å²) < 4.78 is 0. The van der Waals surface area contributed by atoms with Crippen molar-refractivity contribution in [3.8, 4) is 0 Å². The normalized spacial score (nSPS) is 32.5. The summed E-state index contributed by atoms with van der Waals surface area (Å²) in [7, 11) is 0. The lowest BCUT2D eigenvalue weighted by Gasteiger charge is -2.27. The molecular formula is C14H23N3O4. The third-order valence-electron chi connectivity index (χ3n) is 5.09.